The molecule has 1 atom stereocenters. The molecule has 0 spiro atoms. The van der Waals surface area contributed by atoms with Crippen molar-refractivity contribution < 1.29 is 14.3 Å². The van der Waals surface area contributed by atoms with Crippen LogP contribution in [-0.4, -0.2) is 38.8 Å². The monoisotopic (exact) mass is 404 g/mol. The van der Waals surface area contributed by atoms with Crippen LogP contribution >= 0.6 is 12.4 Å². The number of carbonyl (C=O) groups is 1. The minimum absolute atomic E-state index is 0. The number of hydrogen-bond donors (Lipinski definition) is 1. The summed E-state index contributed by atoms with van der Waals surface area (Å²) >= 11 is 0. The van der Waals surface area contributed by atoms with Crippen LogP contribution in [-0.2, 0) is 16.1 Å². The Labute approximate surface area is 173 Å². The number of methoxy groups -OCH3 is 1. The maximum atomic E-state index is 13.2. The van der Waals surface area contributed by atoms with E-state index in [1.54, 1.807) is 12.0 Å². The third-order valence-electron chi connectivity index (χ3n) is 4.84. The van der Waals surface area contributed by atoms with Crippen LogP contribution in [0.4, 0.5) is 5.69 Å². The van der Waals surface area contributed by atoms with E-state index < -0.39 is 6.10 Å². The SMILES string of the molecule is COc1ccc(N(Cc2ccc(C(C)C)cc2)C(=O)C2CNCCO2)cc1.Cl. The van der Waals surface area contributed by atoms with Crippen LogP contribution < -0.4 is 15.0 Å². The summed E-state index contributed by atoms with van der Waals surface area (Å²) in [6, 6.07) is 16.0. The van der Waals surface area contributed by atoms with Gasteiger partial charge in [0.05, 0.1) is 20.3 Å². The summed E-state index contributed by atoms with van der Waals surface area (Å²) < 4.78 is 10.9. The lowest BCUT2D eigenvalue weighted by atomic mass is 10.0. The van der Waals surface area contributed by atoms with E-state index in [0.29, 0.717) is 25.6 Å². The minimum Gasteiger partial charge on any atom is -0.497 e. The first-order chi connectivity index (χ1) is 13.1. The summed E-state index contributed by atoms with van der Waals surface area (Å²) in [6.07, 6.45) is -0.462. The summed E-state index contributed by atoms with van der Waals surface area (Å²) in [7, 11) is 1.63. The first kappa shape index (κ1) is 22.2. The van der Waals surface area contributed by atoms with Crippen LogP contribution in [0.15, 0.2) is 48.5 Å². The van der Waals surface area contributed by atoms with E-state index in [0.717, 1.165) is 23.5 Å². The fourth-order valence-electron chi connectivity index (χ4n) is 3.15. The second-order valence-electron chi connectivity index (χ2n) is 7.08. The molecule has 1 heterocycles. The molecule has 1 N–H and O–H groups in total. The fourth-order valence-corrected chi connectivity index (χ4v) is 3.15. The van der Waals surface area contributed by atoms with Crippen molar-refractivity contribution in [2.24, 2.45) is 0 Å². The molecule has 5 nitrogen and oxygen atoms in total. The molecule has 2 aromatic rings. The van der Waals surface area contributed by atoms with Crippen LogP contribution in [0.2, 0.25) is 0 Å². The lowest BCUT2D eigenvalue weighted by molar-refractivity contribution is -0.131. The Morgan fingerprint density at radius 2 is 1.86 bits per heavy atom. The molecule has 1 saturated heterocycles. The molecule has 1 amide bonds. The van der Waals surface area contributed by atoms with Gasteiger partial charge in [-0.3, -0.25) is 4.79 Å². The topological polar surface area (TPSA) is 50.8 Å². The van der Waals surface area contributed by atoms with Crippen LogP contribution in [0.3, 0.4) is 0 Å². The maximum absolute atomic E-state index is 13.2. The van der Waals surface area contributed by atoms with E-state index in [2.05, 4.69) is 43.4 Å². The zero-order chi connectivity index (χ0) is 19.2. The molecule has 1 aliphatic heterocycles. The highest BCUT2D eigenvalue weighted by molar-refractivity contribution is 5.96. The van der Waals surface area contributed by atoms with Crippen molar-refractivity contribution in [1.29, 1.82) is 0 Å². The number of nitrogens with zero attached hydrogens (tertiary/aromatic N) is 1. The van der Waals surface area contributed by atoms with Crippen LogP contribution in [0, 0.1) is 0 Å². The number of amides is 1. The van der Waals surface area contributed by atoms with Gasteiger partial charge >= 0.3 is 0 Å². The Hall–Kier alpha value is -2.08. The second-order valence-corrected chi connectivity index (χ2v) is 7.08. The lowest BCUT2D eigenvalue weighted by Gasteiger charge is -2.30. The van der Waals surface area contributed by atoms with Crippen molar-refractivity contribution in [3.63, 3.8) is 0 Å². The van der Waals surface area contributed by atoms with Crippen molar-refractivity contribution in [1.82, 2.24) is 5.32 Å². The van der Waals surface area contributed by atoms with Crippen LogP contribution in [0.5, 0.6) is 5.75 Å². The highest BCUT2D eigenvalue weighted by Crippen LogP contribution is 2.24. The average Bonchev–Trinajstić information content (AvgIpc) is 2.72. The van der Waals surface area contributed by atoms with Gasteiger partial charge in [0, 0.05) is 18.8 Å². The lowest BCUT2D eigenvalue weighted by Crippen LogP contribution is -2.49. The van der Waals surface area contributed by atoms with E-state index in [1.807, 2.05) is 24.3 Å². The maximum Gasteiger partial charge on any atom is 0.257 e. The van der Waals surface area contributed by atoms with E-state index in [1.165, 1.54) is 5.56 Å². The first-order valence-electron chi connectivity index (χ1n) is 9.45. The molecule has 2 aromatic carbocycles. The summed E-state index contributed by atoms with van der Waals surface area (Å²) in [5.74, 6) is 1.23. The molecule has 0 radical (unpaired) electrons. The van der Waals surface area contributed by atoms with Gasteiger partial charge in [-0.2, -0.15) is 0 Å². The first-order valence-corrected chi connectivity index (χ1v) is 9.45. The number of carbonyl (C=O) groups excluding carboxylic acids is 1. The number of morpholine rings is 1. The predicted octanol–water partition coefficient (Wildman–Crippen LogP) is 3.76. The molecule has 6 heteroatoms. The fraction of sp³-hybridized carbons (Fsp3) is 0.409. The smallest absolute Gasteiger partial charge is 0.257 e. The third kappa shape index (κ3) is 5.47. The van der Waals surface area contributed by atoms with Crippen molar-refractivity contribution in [2.45, 2.75) is 32.4 Å². The molecule has 1 fully saturated rings. The normalized spacial score (nSPS) is 16.4. The highest BCUT2D eigenvalue weighted by Gasteiger charge is 2.28. The second kappa shape index (κ2) is 10.5. The summed E-state index contributed by atoms with van der Waals surface area (Å²) in [6.45, 7) is 6.73. The summed E-state index contributed by atoms with van der Waals surface area (Å²) in [5, 5.41) is 3.23. The number of hydrogen-bond acceptors (Lipinski definition) is 4. The number of nitrogens with one attached hydrogen (secondary N) is 1. The molecule has 0 aromatic heterocycles. The standard InChI is InChI=1S/C22H28N2O3.ClH/c1-16(2)18-6-4-17(5-7-18)15-24(19-8-10-20(26-3)11-9-19)22(25)21-14-23-12-13-27-21;/h4-11,16,21,23H,12-15H2,1-3H3;1H. The third-order valence-corrected chi connectivity index (χ3v) is 4.84. The molecule has 1 unspecified atom stereocenters. The molecule has 0 saturated carbocycles. The molecule has 0 aliphatic carbocycles. The van der Waals surface area contributed by atoms with E-state index in [4.69, 9.17) is 9.47 Å². The quantitative estimate of drug-likeness (QED) is 0.796. The highest BCUT2D eigenvalue weighted by atomic mass is 35.5. The number of anilines is 1. The van der Waals surface area contributed by atoms with Crippen molar-refractivity contribution in [3.8, 4) is 5.75 Å². The van der Waals surface area contributed by atoms with Gasteiger partial charge in [-0.25, -0.2) is 0 Å². The van der Waals surface area contributed by atoms with Gasteiger partial charge in [0.1, 0.15) is 11.9 Å². The Morgan fingerprint density at radius 3 is 2.39 bits per heavy atom. The molecular weight excluding hydrogens is 376 g/mol. The van der Waals surface area contributed by atoms with E-state index in [-0.39, 0.29) is 18.3 Å². The summed E-state index contributed by atoms with van der Waals surface area (Å²) in [4.78, 5) is 15.0. The van der Waals surface area contributed by atoms with Crippen molar-refractivity contribution in [2.75, 3.05) is 31.7 Å². The molecule has 1 aliphatic rings. The zero-order valence-electron chi connectivity index (χ0n) is 16.7. The van der Waals surface area contributed by atoms with Crippen molar-refractivity contribution in [3.05, 3.63) is 59.7 Å². The predicted molar refractivity (Wildman–Crippen MR) is 115 cm³/mol. The number of halogens is 1. The summed E-state index contributed by atoms with van der Waals surface area (Å²) in [5.41, 5.74) is 3.22. The number of rotatable bonds is 6. The molecule has 3 rings (SSSR count). The zero-order valence-corrected chi connectivity index (χ0v) is 17.5. The van der Waals surface area contributed by atoms with Crippen LogP contribution in [0.1, 0.15) is 30.9 Å². The molecule has 152 valence electrons. The average molecular weight is 405 g/mol. The van der Waals surface area contributed by atoms with Gasteiger partial charge in [-0.1, -0.05) is 38.1 Å². The van der Waals surface area contributed by atoms with Gasteiger partial charge in [0.2, 0.25) is 0 Å². The van der Waals surface area contributed by atoms with Gasteiger partial charge in [0.15, 0.2) is 0 Å². The van der Waals surface area contributed by atoms with Gasteiger partial charge in [-0.05, 0) is 41.3 Å². The van der Waals surface area contributed by atoms with Crippen molar-refractivity contribution >= 4 is 24.0 Å². The Bertz CT molecular complexity index is 741. The van der Waals surface area contributed by atoms with Gasteiger partial charge < -0.3 is 19.7 Å². The Morgan fingerprint density at radius 1 is 1.18 bits per heavy atom. The van der Waals surface area contributed by atoms with Gasteiger partial charge in [-0.15, -0.1) is 12.4 Å². The number of ether oxygens (including phenoxy) is 2. The Kier molecular flexibility index (Phi) is 8.30. The van der Waals surface area contributed by atoms with E-state index in [9.17, 15) is 4.79 Å². The number of benzene rings is 2. The largest absolute Gasteiger partial charge is 0.497 e. The Balaban J connectivity index is 0.00000280. The van der Waals surface area contributed by atoms with Crippen LogP contribution in [0.25, 0.3) is 0 Å². The molecular formula is C22H29ClN2O3. The molecule has 28 heavy (non-hydrogen) atoms. The molecule has 0 bridgehead atoms. The van der Waals surface area contributed by atoms with Gasteiger partial charge in [0.25, 0.3) is 5.91 Å². The van der Waals surface area contributed by atoms with E-state index >= 15 is 0 Å². The minimum atomic E-state index is -0.462.